The van der Waals surface area contributed by atoms with Gasteiger partial charge in [-0.2, -0.15) is 0 Å². The number of benzene rings is 1. The molecule has 0 spiro atoms. The number of rotatable bonds is 4. The molecule has 1 fully saturated rings. The third kappa shape index (κ3) is 2.42. The number of aryl methyl sites for hydroxylation is 1. The highest BCUT2D eigenvalue weighted by Crippen LogP contribution is 2.33. The number of ether oxygens (including phenoxy) is 2. The second-order valence-electron chi connectivity index (χ2n) is 4.63. The normalized spacial score (nSPS) is 14.8. The van der Waals surface area contributed by atoms with Crippen LogP contribution in [0.25, 0.3) is 0 Å². The summed E-state index contributed by atoms with van der Waals surface area (Å²) in [5.74, 6) is 0.355. The van der Waals surface area contributed by atoms with Gasteiger partial charge in [0.25, 0.3) is 0 Å². The van der Waals surface area contributed by atoms with Gasteiger partial charge in [-0.1, -0.05) is 0 Å². The summed E-state index contributed by atoms with van der Waals surface area (Å²) in [6.07, 6.45) is 3.67. The topological polar surface area (TPSA) is 47.6 Å². The summed E-state index contributed by atoms with van der Waals surface area (Å²) in [5.41, 5.74) is 2.50. The zero-order valence-electron chi connectivity index (χ0n) is 11.1. The summed E-state index contributed by atoms with van der Waals surface area (Å²) < 4.78 is 10.1. The Morgan fingerprint density at radius 2 is 2.06 bits per heavy atom. The first kappa shape index (κ1) is 12.7. The number of hydrogen-bond donors (Lipinski definition) is 1. The van der Waals surface area contributed by atoms with Crippen LogP contribution >= 0.6 is 0 Å². The predicted molar refractivity (Wildman–Crippen MR) is 70.3 cm³/mol. The van der Waals surface area contributed by atoms with Gasteiger partial charge in [-0.3, -0.25) is 0 Å². The molecule has 4 nitrogen and oxygen atoms in total. The Balaban J connectivity index is 2.30. The van der Waals surface area contributed by atoms with E-state index in [-0.39, 0.29) is 5.97 Å². The average molecular weight is 249 g/mol. The Morgan fingerprint density at radius 3 is 2.56 bits per heavy atom. The molecule has 1 aliphatic carbocycles. The van der Waals surface area contributed by atoms with E-state index in [9.17, 15) is 4.79 Å². The standard InChI is InChI=1S/C14H19NO3/c1-9-7-10(14(16)18-3)8-12(17-2)13(9)15-11-5-4-6-11/h7-8,11,15H,4-6H2,1-3H3. The van der Waals surface area contributed by atoms with Crippen LogP contribution in [0, 0.1) is 6.92 Å². The van der Waals surface area contributed by atoms with Gasteiger partial charge in [-0.05, 0) is 43.9 Å². The maximum absolute atomic E-state index is 11.5. The molecule has 1 aliphatic rings. The fourth-order valence-corrected chi connectivity index (χ4v) is 2.09. The molecule has 0 aliphatic heterocycles. The molecule has 98 valence electrons. The largest absolute Gasteiger partial charge is 0.495 e. The first-order chi connectivity index (χ1) is 8.65. The van der Waals surface area contributed by atoms with Gasteiger partial charge >= 0.3 is 5.97 Å². The molecule has 18 heavy (non-hydrogen) atoms. The fourth-order valence-electron chi connectivity index (χ4n) is 2.09. The summed E-state index contributed by atoms with van der Waals surface area (Å²) >= 11 is 0. The van der Waals surface area contributed by atoms with Crippen molar-refractivity contribution in [1.29, 1.82) is 0 Å². The van der Waals surface area contributed by atoms with Crippen LogP contribution in [0.2, 0.25) is 0 Å². The maximum atomic E-state index is 11.5. The lowest BCUT2D eigenvalue weighted by Crippen LogP contribution is -2.27. The Bertz CT molecular complexity index is 453. The van der Waals surface area contributed by atoms with Gasteiger partial charge in [0, 0.05) is 6.04 Å². The van der Waals surface area contributed by atoms with Crippen molar-refractivity contribution in [1.82, 2.24) is 0 Å². The Kier molecular flexibility index (Phi) is 3.75. The van der Waals surface area contributed by atoms with E-state index in [1.54, 1.807) is 13.2 Å². The lowest BCUT2D eigenvalue weighted by atomic mass is 9.92. The Morgan fingerprint density at radius 1 is 1.33 bits per heavy atom. The molecule has 1 saturated carbocycles. The maximum Gasteiger partial charge on any atom is 0.337 e. The van der Waals surface area contributed by atoms with Crippen molar-refractivity contribution in [3.63, 3.8) is 0 Å². The van der Waals surface area contributed by atoms with E-state index < -0.39 is 0 Å². The molecule has 1 aromatic carbocycles. The molecular formula is C14H19NO3. The molecule has 0 amide bonds. The van der Waals surface area contributed by atoms with Crippen LogP contribution in [-0.4, -0.2) is 26.2 Å². The average Bonchev–Trinajstić information content (AvgIpc) is 2.33. The molecule has 0 saturated heterocycles. The number of carbonyl (C=O) groups excluding carboxylic acids is 1. The van der Waals surface area contributed by atoms with Crippen LogP contribution in [0.4, 0.5) is 5.69 Å². The van der Waals surface area contributed by atoms with E-state index in [0.717, 1.165) is 11.3 Å². The van der Waals surface area contributed by atoms with E-state index in [1.807, 2.05) is 13.0 Å². The molecule has 1 aromatic rings. The summed E-state index contributed by atoms with van der Waals surface area (Å²) in [4.78, 5) is 11.5. The lowest BCUT2D eigenvalue weighted by Gasteiger charge is -2.29. The van der Waals surface area contributed by atoms with Crippen molar-refractivity contribution in [3.05, 3.63) is 23.3 Å². The Labute approximate surface area is 107 Å². The summed E-state index contributed by atoms with van der Waals surface area (Å²) in [5, 5.41) is 3.47. The van der Waals surface area contributed by atoms with E-state index in [1.165, 1.54) is 26.4 Å². The highest BCUT2D eigenvalue weighted by atomic mass is 16.5. The monoisotopic (exact) mass is 249 g/mol. The van der Waals surface area contributed by atoms with Gasteiger partial charge in [0.1, 0.15) is 5.75 Å². The van der Waals surface area contributed by atoms with Crippen LogP contribution in [0.1, 0.15) is 35.2 Å². The lowest BCUT2D eigenvalue weighted by molar-refractivity contribution is 0.0600. The Hall–Kier alpha value is -1.71. The minimum absolute atomic E-state index is 0.341. The molecule has 1 N–H and O–H groups in total. The highest BCUT2D eigenvalue weighted by molar-refractivity contribution is 5.91. The van der Waals surface area contributed by atoms with Crippen molar-refractivity contribution < 1.29 is 14.3 Å². The molecular weight excluding hydrogens is 230 g/mol. The van der Waals surface area contributed by atoms with E-state index >= 15 is 0 Å². The minimum atomic E-state index is -0.341. The van der Waals surface area contributed by atoms with Crippen molar-refractivity contribution in [2.45, 2.75) is 32.2 Å². The quantitative estimate of drug-likeness (QED) is 0.833. The number of methoxy groups -OCH3 is 2. The van der Waals surface area contributed by atoms with Crippen LogP contribution < -0.4 is 10.1 Å². The van der Waals surface area contributed by atoms with E-state index in [0.29, 0.717) is 17.4 Å². The zero-order chi connectivity index (χ0) is 13.1. The third-order valence-electron chi connectivity index (χ3n) is 3.39. The van der Waals surface area contributed by atoms with Gasteiger partial charge < -0.3 is 14.8 Å². The zero-order valence-corrected chi connectivity index (χ0v) is 11.1. The van der Waals surface area contributed by atoms with Crippen LogP contribution in [-0.2, 0) is 4.74 Å². The molecule has 0 bridgehead atoms. The number of carbonyl (C=O) groups is 1. The summed E-state index contributed by atoms with van der Waals surface area (Å²) in [6.45, 7) is 1.97. The van der Waals surface area contributed by atoms with Gasteiger partial charge in [0.2, 0.25) is 0 Å². The predicted octanol–water partition coefficient (Wildman–Crippen LogP) is 2.75. The first-order valence-electron chi connectivity index (χ1n) is 6.19. The smallest absolute Gasteiger partial charge is 0.337 e. The van der Waals surface area contributed by atoms with Gasteiger partial charge in [0.15, 0.2) is 0 Å². The second-order valence-corrected chi connectivity index (χ2v) is 4.63. The fraction of sp³-hybridized carbons (Fsp3) is 0.500. The second kappa shape index (κ2) is 5.29. The minimum Gasteiger partial charge on any atom is -0.495 e. The van der Waals surface area contributed by atoms with Crippen LogP contribution in [0.3, 0.4) is 0 Å². The van der Waals surface area contributed by atoms with E-state index in [4.69, 9.17) is 9.47 Å². The van der Waals surface area contributed by atoms with Crippen molar-refractivity contribution in [2.24, 2.45) is 0 Å². The SMILES string of the molecule is COC(=O)c1cc(C)c(NC2CCC2)c(OC)c1. The number of anilines is 1. The van der Waals surface area contributed by atoms with Crippen molar-refractivity contribution in [2.75, 3.05) is 19.5 Å². The van der Waals surface area contributed by atoms with Gasteiger partial charge in [-0.25, -0.2) is 4.79 Å². The number of nitrogens with one attached hydrogen (secondary N) is 1. The molecule has 0 unspecified atom stereocenters. The molecule has 0 radical (unpaired) electrons. The third-order valence-corrected chi connectivity index (χ3v) is 3.39. The summed E-state index contributed by atoms with van der Waals surface area (Å²) in [7, 11) is 2.99. The van der Waals surface area contributed by atoms with Gasteiger partial charge in [-0.15, -0.1) is 0 Å². The van der Waals surface area contributed by atoms with Gasteiger partial charge in [0.05, 0.1) is 25.5 Å². The number of hydrogen-bond acceptors (Lipinski definition) is 4. The number of esters is 1. The van der Waals surface area contributed by atoms with Crippen molar-refractivity contribution >= 4 is 11.7 Å². The summed E-state index contributed by atoms with van der Waals surface area (Å²) in [6, 6.07) is 4.08. The van der Waals surface area contributed by atoms with Crippen LogP contribution in [0.15, 0.2) is 12.1 Å². The van der Waals surface area contributed by atoms with Crippen molar-refractivity contribution in [3.8, 4) is 5.75 Å². The molecule has 4 heteroatoms. The highest BCUT2D eigenvalue weighted by Gasteiger charge is 2.21. The molecule has 0 atom stereocenters. The van der Waals surface area contributed by atoms with Crippen LogP contribution in [0.5, 0.6) is 5.75 Å². The molecule has 0 heterocycles. The molecule has 2 rings (SSSR count). The molecule has 0 aromatic heterocycles. The van der Waals surface area contributed by atoms with E-state index in [2.05, 4.69) is 5.32 Å². The first-order valence-corrected chi connectivity index (χ1v) is 6.19.